The molecule has 2 rings (SSSR count). The van der Waals surface area contributed by atoms with E-state index in [4.69, 9.17) is 16.3 Å². The van der Waals surface area contributed by atoms with Crippen molar-refractivity contribution in [1.82, 2.24) is 4.98 Å². The Bertz CT molecular complexity index is 907. The van der Waals surface area contributed by atoms with Gasteiger partial charge < -0.3 is 11.1 Å². The van der Waals surface area contributed by atoms with Gasteiger partial charge in [-0.1, -0.05) is 11.8 Å². The predicted molar refractivity (Wildman–Crippen MR) is 89.0 cm³/mol. The fraction of sp³-hybridized carbons (Fsp3) is 0.125. The van der Waals surface area contributed by atoms with Crippen molar-refractivity contribution in [3.05, 3.63) is 41.0 Å². The first-order valence-electron chi connectivity index (χ1n) is 6.81. The van der Waals surface area contributed by atoms with Crippen LogP contribution in [-0.4, -0.2) is 10.7 Å². The van der Waals surface area contributed by atoms with Gasteiger partial charge in [0.15, 0.2) is 5.82 Å². The molecule has 0 saturated carbocycles. The molecule has 0 unspecified atom stereocenters. The lowest BCUT2D eigenvalue weighted by molar-refractivity contribution is 0.252. The van der Waals surface area contributed by atoms with Crippen molar-refractivity contribution >= 4 is 29.1 Å². The molecule has 0 bridgehead atoms. The molecule has 0 spiro atoms. The van der Waals surface area contributed by atoms with Crippen molar-refractivity contribution in [1.29, 1.82) is 15.8 Å². The summed E-state index contributed by atoms with van der Waals surface area (Å²) in [6.45, 7) is 0. The molecule has 2 aromatic rings. The predicted octanol–water partition coefficient (Wildman–Crippen LogP) is 3.53. The summed E-state index contributed by atoms with van der Waals surface area (Å²) in [5.74, 6) is -2.52. The number of rotatable bonds is 5. The quantitative estimate of drug-likeness (QED) is 0.786. The zero-order valence-electron chi connectivity index (χ0n) is 12.6. The van der Waals surface area contributed by atoms with E-state index in [-0.39, 0.29) is 34.7 Å². The van der Waals surface area contributed by atoms with Gasteiger partial charge in [0.05, 0.1) is 18.1 Å². The Labute approximate surface area is 146 Å². The number of hydrogen-bond acceptors (Lipinski definition) is 7. The molecule has 3 N–H and O–H groups in total. The third kappa shape index (κ3) is 4.14. The smallest absolute Gasteiger partial charge is 0.288 e. The molecule has 0 aliphatic carbocycles. The van der Waals surface area contributed by atoms with Crippen LogP contribution in [0.15, 0.2) is 29.2 Å². The topological polar surface area (TPSA) is 122 Å². The lowest BCUT2D eigenvalue weighted by Gasteiger charge is -2.13. The van der Waals surface area contributed by atoms with Gasteiger partial charge in [-0.3, -0.25) is 0 Å². The van der Waals surface area contributed by atoms with Crippen LogP contribution < -0.4 is 11.1 Å². The molecule has 0 aliphatic rings. The molecule has 0 saturated heterocycles. The van der Waals surface area contributed by atoms with Gasteiger partial charge in [0, 0.05) is 16.1 Å². The lowest BCUT2D eigenvalue weighted by Crippen LogP contribution is -2.08. The first-order valence-corrected chi connectivity index (χ1v) is 7.69. The number of hydrogen-bond donors (Lipinski definition) is 2. The molecular weight excluding hydrogens is 346 g/mol. The van der Waals surface area contributed by atoms with Crippen molar-refractivity contribution in [2.24, 2.45) is 0 Å². The zero-order valence-corrected chi connectivity index (χ0v) is 13.4. The van der Waals surface area contributed by atoms with Crippen molar-refractivity contribution in [3.8, 4) is 18.2 Å². The summed E-state index contributed by atoms with van der Waals surface area (Å²) >= 11 is 0.416. The highest BCUT2D eigenvalue weighted by molar-refractivity contribution is 7.99. The molecule has 0 radical (unpaired) electrons. The van der Waals surface area contributed by atoms with E-state index in [2.05, 4.69) is 10.3 Å². The molecule has 124 valence electrons. The van der Waals surface area contributed by atoms with E-state index in [0.717, 1.165) is 0 Å². The Hall–Kier alpha value is -3.35. The number of nitriles is 3. The minimum absolute atomic E-state index is 0.00710. The number of anilines is 3. The van der Waals surface area contributed by atoms with E-state index in [1.807, 2.05) is 18.2 Å². The summed E-state index contributed by atoms with van der Waals surface area (Å²) in [5, 5.41) is 30.3. The normalized spacial score (nSPS) is 9.92. The molecule has 6 nitrogen and oxygen atoms in total. The molecule has 0 fully saturated rings. The highest BCUT2D eigenvalue weighted by atomic mass is 32.2. The fourth-order valence-electron chi connectivity index (χ4n) is 2.10. The van der Waals surface area contributed by atoms with Crippen LogP contribution in [0.2, 0.25) is 0 Å². The number of benzene rings is 1. The van der Waals surface area contributed by atoms with Gasteiger partial charge in [-0.2, -0.15) is 24.6 Å². The van der Waals surface area contributed by atoms with Crippen LogP contribution in [0, 0.1) is 34.0 Å². The summed E-state index contributed by atoms with van der Waals surface area (Å²) < 4.78 is 24.7. The van der Waals surface area contributed by atoms with Crippen LogP contribution in [0.3, 0.4) is 0 Å². The molecule has 9 heteroatoms. The summed E-state index contributed by atoms with van der Waals surface area (Å²) in [5.41, 5.74) is 6.47. The number of nitrogen functional groups attached to an aromatic ring is 1. The highest BCUT2D eigenvalue weighted by Gasteiger charge is 2.18. The van der Waals surface area contributed by atoms with Gasteiger partial charge in [-0.05, 0) is 24.3 Å². The van der Waals surface area contributed by atoms with E-state index in [1.54, 1.807) is 12.1 Å². The third-order valence-electron chi connectivity index (χ3n) is 3.15. The van der Waals surface area contributed by atoms with Crippen LogP contribution in [0.1, 0.15) is 16.7 Å². The van der Waals surface area contributed by atoms with E-state index < -0.39 is 5.76 Å². The van der Waals surface area contributed by atoms with Crippen LogP contribution in [-0.2, 0) is 6.42 Å². The standard InChI is InChI=1S/C16H10F2N6S/c17-16(18)25-10-3-1-9(2-4-10)23-15-13(8-21)11(5-6-19)12(7-20)14(22)24-15/h1-4,16H,5H2,(H3,22,23,24). The second kappa shape index (κ2) is 7.96. The number of nitrogens with one attached hydrogen (secondary N) is 1. The van der Waals surface area contributed by atoms with Crippen molar-refractivity contribution < 1.29 is 8.78 Å². The summed E-state index contributed by atoms with van der Waals surface area (Å²) in [6, 6.07) is 11.7. The molecular formula is C16H10F2N6S. The minimum Gasteiger partial charge on any atom is -0.383 e. The second-order valence-electron chi connectivity index (χ2n) is 4.66. The maximum atomic E-state index is 12.3. The molecule has 1 aromatic heterocycles. The SMILES string of the molecule is N#CCc1c(C#N)c(N)nc(Nc2ccc(SC(F)F)cc2)c1C#N. The van der Waals surface area contributed by atoms with Gasteiger partial charge in [-0.25, -0.2) is 4.98 Å². The number of halogens is 2. The highest BCUT2D eigenvalue weighted by Crippen LogP contribution is 2.30. The van der Waals surface area contributed by atoms with E-state index in [0.29, 0.717) is 22.3 Å². The Morgan fingerprint density at radius 3 is 2.28 bits per heavy atom. The molecule has 0 amide bonds. The number of aromatic nitrogens is 1. The first-order chi connectivity index (χ1) is 12.0. The average molecular weight is 356 g/mol. The third-order valence-corrected chi connectivity index (χ3v) is 3.87. The number of nitrogens with zero attached hydrogens (tertiary/aromatic N) is 4. The number of thioether (sulfide) groups is 1. The first kappa shape index (κ1) is 18.0. The number of nitrogens with two attached hydrogens (primary N) is 1. The number of alkyl halides is 2. The summed E-state index contributed by atoms with van der Waals surface area (Å²) in [6.07, 6.45) is -0.169. The van der Waals surface area contributed by atoms with Gasteiger partial charge in [0.2, 0.25) is 0 Å². The monoisotopic (exact) mass is 356 g/mol. The van der Waals surface area contributed by atoms with Crippen molar-refractivity contribution in [2.75, 3.05) is 11.1 Å². The molecule has 25 heavy (non-hydrogen) atoms. The Balaban J connectivity index is 2.42. The van der Waals surface area contributed by atoms with Crippen molar-refractivity contribution in [3.63, 3.8) is 0 Å². The zero-order chi connectivity index (χ0) is 18.4. The molecule has 0 aliphatic heterocycles. The number of pyridine rings is 1. The lowest BCUT2D eigenvalue weighted by atomic mass is 10.0. The van der Waals surface area contributed by atoms with Gasteiger partial charge in [0.25, 0.3) is 5.76 Å². The average Bonchev–Trinajstić information content (AvgIpc) is 2.57. The molecule has 1 aromatic carbocycles. The maximum Gasteiger partial charge on any atom is 0.288 e. The van der Waals surface area contributed by atoms with Gasteiger partial charge >= 0.3 is 0 Å². The molecule has 0 atom stereocenters. The van der Waals surface area contributed by atoms with Crippen LogP contribution in [0.25, 0.3) is 0 Å². The minimum atomic E-state index is -2.52. The Morgan fingerprint density at radius 2 is 1.76 bits per heavy atom. The van der Waals surface area contributed by atoms with Gasteiger partial charge in [0.1, 0.15) is 23.5 Å². The van der Waals surface area contributed by atoms with E-state index in [9.17, 15) is 14.0 Å². The fourth-order valence-corrected chi connectivity index (χ4v) is 2.60. The Kier molecular flexibility index (Phi) is 5.73. The van der Waals surface area contributed by atoms with Crippen LogP contribution >= 0.6 is 11.8 Å². The molecule has 1 heterocycles. The Morgan fingerprint density at radius 1 is 1.12 bits per heavy atom. The van der Waals surface area contributed by atoms with E-state index >= 15 is 0 Å². The summed E-state index contributed by atoms with van der Waals surface area (Å²) in [7, 11) is 0. The second-order valence-corrected chi connectivity index (χ2v) is 5.72. The van der Waals surface area contributed by atoms with Crippen LogP contribution in [0.5, 0.6) is 0 Å². The van der Waals surface area contributed by atoms with Crippen LogP contribution in [0.4, 0.5) is 26.1 Å². The largest absolute Gasteiger partial charge is 0.383 e. The maximum absolute atomic E-state index is 12.3. The summed E-state index contributed by atoms with van der Waals surface area (Å²) in [4.78, 5) is 4.40. The van der Waals surface area contributed by atoms with Crippen molar-refractivity contribution in [2.45, 2.75) is 17.1 Å². The van der Waals surface area contributed by atoms with E-state index in [1.165, 1.54) is 12.1 Å². The van der Waals surface area contributed by atoms with Gasteiger partial charge in [-0.15, -0.1) is 0 Å².